The molecule has 0 aromatic heterocycles. The number of hydrogen-bond donors (Lipinski definition) is 1. The van der Waals surface area contributed by atoms with Crippen LogP contribution in [0.2, 0.25) is 0 Å². The van der Waals surface area contributed by atoms with E-state index in [2.05, 4.69) is 26.1 Å². The highest BCUT2D eigenvalue weighted by atomic mass is 35.5. The molecular formula is C14H32ClNO2. The third-order valence-electron chi connectivity index (χ3n) is 2.29. The molecule has 0 saturated carbocycles. The van der Waals surface area contributed by atoms with Crippen LogP contribution in [-0.2, 0) is 9.53 Å². The smallest absolute Gasteiger partial charge is 0.305 e. The number of hydrogen-bond acceptors (Lipinski definition) is 3. The Balaban J connectivity index is -0.000000321. The van der Waals surface area contributed by atoms with Crippen LogP contribution in [0.1, 0.15) is 66.2 Å². The van der Waals surface area contributed by atoms with E-state index in [4.69, 9.17) is 4.74 Å². The minimum absolute atomic E-state index is 0. The van der Waals surface area contributed by atoms with Crippen LogP contribution < -0.4 is 5.32 Å². The van der Waals surface area contributed by atoms with Gasteiger partial charge in [-0.15, -0.1) is 12.4 Å². The third-order valence-corrected chi connectivity index (χ3v) is 2.29. The number of rotatable bonds is 9. The van der Waals surface area contributed by atoms with E-state index in [0.29, 0.717) is 13.0 Å². The second kappa shape index (κ2) is 21.9. The summed E-state index contributed by atoms with van der Waals surface area (Å²) in [5.74, 6) is -0.0472. The Morgan fingerprint density at radius 3 is 1.89 bits per heavy atom. The second-order valence-corrected chi connectivity index (χ2v) is 3.93. The Bertz CT molecular complexity index is 153. The lowest BCUT2D eigenvalue weighted by Crippen LogP contribution is -2.09. The van der Waals surface area contributed by atoms with Gasteiger partial charge in [0.05, 0.1) is 6.61 Å². The van der Waals surface area contributed by atoms with Crippen LogP contribution in [-0.4, -0.2) is 25.7 Å². The van der Waals surface area contributed by atoms with Crippen molar-refractivity contribution in [3.63, 3.8) is 0 Å². The summed E-state index contributed by atoms with van der Waals surface area (Å²) in [4.78, 5) is 10.9. The zero-order valence-electron chi connectivity index (χ0n) is 12.6. The molecule has 0 bridgehead atoms. The molecule has 0 atom stereocenters. The first-order chi connectivity index (χ1) is 8.22. The summed E-state index contributed by atoms with van der Waals surface area (Å²) in [6.45, 7) is 10.9. The molecule has 0 heterocycles. The van der Waals surface area contributed by atoms with Gasteiger partial charge in [-0.2, -0.15) is 0 Å². The molecule has 0 amide bonds. The van der Waals surface area contributed by atoms with Crippen LogP contribution in [0.3, 0.4) is 0 Å². The van der Waals surface area contributed by atoms with Gasteiger partial charge < -0.3 is 10.1 Å². The van der Waals surface area contributed by atoms with Gasteiger partial charge in [0.25, 0.3) is 0 Å². The fourth-order valence-electron chi connectivity index (χ4n) is 1.36. The predicted octanol–water partition coefficient (Wildman–Crippen LogP) is 3.95. The van der Waals surface area contributed by atoms with Gasteiger partial charge in [-0.3, -0.25) is 4.79 Å². The molecule has 0 aromatic carbocycles. The zero-order valence-corrected chi connectivity index (χ0v) is 13.4. The van der Waals surface area contributed by atoms with E-state index in [0.717, 1.165) is 25.9 Å². The predicted molar refractivity (Wildman–Crippen MR) is 81.5 cm³/mol. The Morgan fingerprint density at radius 1 is 0.944 bits per heavy atom. The van der Waals surface area contributed by atoms with E-state index in [-0.39, 0.29) is 18.4 Å². The molecule has 3 nitrogen and oxygen atoms in total. The van der Waals surface area contributed by atoms with Gasteiger partial charge in [0.2, 0.25) is 0 Å². The number of esters is 1. The van der Waals surface area contributed by atoms with E-state index >= 15 is 0 Å². The van der Waals surface area contributed by atoms with E-state index in [1.165, 1.54) is 19.3 Å². The van der Waals surface area contributed by atoms with Crippen molar-refractivity contribution in [3.8, 4) is 0 Å². The van der Waals surface area contributed by atoms with E-state index in [9.17, 15) is 4.79 Å². The van der Waals surface area contributed by atoms with Crippen molar-refractivity contribution in [2.24, 2.45) is 0 Å². The van der Waals surface area contributed by atoms with Gasteiger partial charge in [-0.05, 0) is 26.4 Å². The van der Waals surface area contributed by atoms with Gasteiger partial charge >= 0.3 is 5.97 Å². The monoisotopic (exact) mass is 281 g/mol. The quantitative estimate of drug-likeness (QED) is 0.514. The summed E-state index contributed by atoms with van der Waals surface area (Å²) in [5, 5.41) is 3.11. The number of nitrogens with one attached hydrogen (secondary N) is 1. The molecule has 0 rings (SSSR count). The molecule has 18 heavy (non-hydrogen) atoms. The maximum Gasteiger partial charge on any atom is 0.305 e. The molecule has 0 radical (unpaired) electrons. The molecule has 4 heteroatoms. The largest absolute Gasteiger partial charge is 0.466 e. The lowest BCUT2D eigenvalue weighted by atomic mass is 10.1. The normalized spacial score (nSPS) is 8.89. The SMILES string of the molecule is CCCCCCCC(=O)OCC.CCNCC.Cl. The highest BCUT2D eigenvalue weighted by molar-refractivity contribution is 5.85. The molecule has 0 saturated heterocycles. The summed E-state index contributed by atoms with van der Waals surface area (Å²) in [7, 11) is 0. The van der Waals surface area contributed by atoms with Crippen molar-refractivity contribution >= 4 is 18.4 Å². The summed E-state index contributed by atoms with van der Waals surface area (Å²) in [5.41, 5.74) is 0. The van der Waals surface area contributed by atoms with Crippen LogP contribution >= 0.6 is 12.4 Å². The van der Waals surface area contributed by atoms with E-state index in [1.807, 2.05) is 6.92 Å². The van der Waals surface area contributed by atoms with Crippen molar-refractivity contribution in [1.82, 2.24) is 5.32 Å². The lowest BCUT2D eigenvalue weighted by Gasteiger charge is -2.00. The minimum Gasteiger partial charge on any atom is -0.466 e. The molecule has 0 fully saturated rings. The van der Waals surface area contributed by atoms with Crippen LogP contribution in [0.15, 0.2) is 0 Å². The molecule has 112 valence electrons. The fraction of sp³-hybridized carbons (Fsp3) is 0.929. The Morgan fingerprint density at radius 2 is 1.50 bits per heavy atom. The van der Waals surface area contributed by atoms with Crippen LogP contribution in [0.4, 0.5) is 0 Å². The standard InChI is InChI=1S/C10H20O2.C4H11N.ClH/c1-3-5-6-7-8-9-10(11)12-4-2;1-3-5-4-2;/h3-9H2,1-2H3;5H,3-4H2,1-2H3;1H. The number of carbonyl (C=O) groups is 1. The molecular weight excluding hydrogens is 250 g/mol. The number of halogens is 1. The Labute approximate surface area is 119 Å². The van der Waals surface area contributed by atoms with E-state index in [1.54, 1.807) is 0 Å². The van der Waals surface area contributed by atoms with Gasteiger partial charge in [0, 0.05) is 6.42 Å². The van der Waals surface area contributed by atoms with Gasteiger partial charge in [0.1, 0.15) is 0 Å². The topological polar surface area (TPSA) is 38.3 Å². The minimum atomic E-state index is -0.0472. The molecule has 0 spiro atoms. The maximum absolute atomic E-state index is 10.9. The first-order valence-electron chi connectivity index (χ1n) is 7.09. The van der Waals surface area contributed by atoms with E-state index < -0.39 is 0 Å². The summed E-state index contributed by atoms with van der Waals surface area (Å²) >= 11 is 0. The van der Waals surface area contributed by atoms with Crippen LogP contribution in [0, 0.1) is 0 Å². The van der Waals surface area contributed by atoms with Crippen LogP contribution in [0.5, 0.6) is 0 Å². The zero-order chi connectivity index (χ0) is 13.4. The second-order valence-electron chi connectivity index (χ2n) is 3.93. The number of unbranched alkanes of at least 4 members (excludes halogenated alkanes) is 4. The summed E-state index contributed by atoms with van der Waals surface area (Å²) < 4.78 is 4.81. The first kappa shape index (κ1) is 22.9. The fourth-order valence-corrected chi connectivity index (χ4v) is 1.36. The summed E-state index contributed by atoms with van der Waals surface area (Å²) in [6, 6.07) is 0. The van der Waals surface area contributed by atoms with Gasteiger partial charge in [-0.1, -0.05) is 46.5 Å². The van der Waals surface area contributed by atoms with Crippen molar-refractivity contribution in [2.75, 3.05) is 19.7 Å². The van der Waals surface area contributed by atoms with Gasteiger partial charge in [-0.25, -0.2) is 0 Å². The van der Waals surface area contributed by atoms with Crippen molar-refractivity contribution in [3.05, 3.63) is 0 Å². The molecule has 0 aliphatic heterocycles. The van der Waals surface area contributed by atoms with Crippen molar-refractivity contribution in [1.29, 1.82) is 0 Å². The third kappa shape index (κ3) is 24.8. The van der Waals surface area contributed by atoms with Crippen molar-refractivity contribution < 1.29 is 9.53 Å². The van der Waals surface area contributed by atoms with Gasteiger partial charge in [0.15, 0.2) is 0 Å². The van der Waals surface area contributed by atoms with Crippen LogP contribution in [0.25, 0.3) is 0 Å². The highest BCUT2D eigenvalue weighted by Crippen LogP contribution is 2.05. The van der Waals surface area contributed by atoms with Crippen molar-refractivity contribution in [2.45, 2.75) is 66.2 Å². The molecule has 1 N–H and O–H groups in total. The molecule has 0 aliphatic carbocycles. The number of ether oxygens (including phenoxy) is 1. The Kier molecular flexibility index (Phi) is 27.9. The average Bonchev–Trinajstić information content (AvgIpc) is 2.31. The summed E-state index contributed by atoms with van der Waals surface area (Å²) in [6.07, 6.45) is 6.52. The Hall–Kier alpha value is -0.280. The lowest BCUT2D eigenvalue weighted by molar-refractivity contribution is -0.143. The molecule has 0 aliphatic rings. The molecule has 0 aromatic rings. The first-order valence-corrected chi connectivity index (χ1v) is 7.09. The molecule has 0 unspecified atom stereocenters. The number of carbonyl (C=O) groups excluding carboxylic acids is 1. The average molecular weight is 282 g/mol. The maximum atomic E-state index is 10.9. The highest BCUT2D eigenvalue weighted by Gasteiger charge is 1.99.